The molecule has 2 rings (SSSR count). The average Bonchev–Trinajstić information content (AvgIpc) is 2.88. The van der Waals surface area contributed by atoms with E-state index in [1.54, 1.807) is 12.1 Å². The number of nitrogens with one attached hydrogen (secondary N) is 1. The Labute approximate surface area is 123 Å². The first-order valence-electron chi connectivity index (χ1n) is 6.47. The van der Waals surface area contributed by atoms with Crippen LogP contribution in [0.3, 0.4) is 0 Å². The Balaban J connectivity index is 1.73. The number of carbonyl (C=O) groups excluding carboxylic acids is 1. The molecule has 1 N–H and O–H groups in total. The Morgan fingerprint density at radius 3 is 2.95 bits per heavy atom. The van der Waals surface area contributed by atoms with Gasteiger partial charge >= 0.3 is 0 Å². The van der Waals surface area contributed by atoms with Gasteiger partial charge in [-0.1, -0.05) is 29.3 Å². The molecule has 3 nitrogen and oxygen atoms in total. The number of amides is 1. The summed E-state index contributed by atoms with van der Waals surface area (Å²) >= 11 is 11.9. The summed E-state index contributed by atoms with van der Waals surface area (Å²) in [6.07, 6.45) is 3.34. The van der Waals surface area contributed by atoms with Crippen molar-refractivity contribution in [2.75, 3.05) is 13.2 Å². The van der Waals surface area contributed by atoms with Crippen LogP contribution in [0.4, 0.5) is 0 Å². The third-order valence-corrected chi connectivity index (χ3v) is 3.77. The lowest BCUT2D eigenvalue weighted by atomic mass is 10.1. The molecule has 1 saturated heterocycles. The van der Waals surface area contributed by atoms with E-state index in [-0.39, 0.29) is 12.0 Å². The molecule has 1 aromatic carbocycles. The lowest BCUT2D eigenvalue weighted by molar-refractivity contribution is -0.121. The third kappa shape index (κ3) is 4.68. The molecule has 104 valence electrons. The minimum atomic E-state index is 0.0292. The zero-order valence-electron chi connectivity index (χ0n) is 10.6. The van der Waals surface area contributed by atoms with E-state index in [9.17, 15) is 4.79 Å². The van der Waals surface area contributed by atoms with Crippen LogP contribution in [0.2, 0.25) is 10.0 Å². The summed E-state index contributed by atoms with van der Waals surface area (Å²) in [7, 11) is 0. The molecule has 1 atom stereocenters. The lowest BCUT2D eigenvalue weighted by Crippen LogP contribution is -2.31. The molecule has 0 bridgehead atoms. The highest BCUT2D eigenvalue weighted by molar-refractivity contribution is 6.35. The van der Waals surface area contributed by atoms with E-state index in [2.05, 4.69) is 5.32 Å². The van der Waals surface area contributed by atoms with Crippen molar-refractivity contribution in [3.63, 3.8) is 0 Å². The summed E-state index contributed by atoms with van der Waals surface area (Å²) in [5, 5.41) is 4.11. The van der Waals surface area contributed by atoms with Gasteiger partial charge in [-0.05, 0) is 37.0 Å². The van der Waals surface area contributed by atoms with Crippen molar-refractivity contribution in [1.82, 2.24) is 5.32 Å². The number of rotatable bonds is 5. The first kappa shape index (κ1) is 14.6. The number of hydrogen-bond acceptors (Lipinski definition) is 2. The molecule has 0 aromatic heterocycles. The van der Waals surface area contributed by atoms with Gasteiger partial charge in [0.2, 0.25) is 5.91 Å². The van der Waals surface area contributed by atoms with Gasteiger partial charge in [-0.15, -0.1) is 0 Å². The van der Waals surface area contributed by atoms with Gasteiger partial charge in [0.25, 0.3) is 0 Å². The quantitative estimate of drug-likeness (QED) is 0.907. The molecule has 1 aliphatic heterocycles. The van der Waals surface area contributed by atoms with Crippen LogP contribution in [0.5, 0.6) is 0 Å². The van der Waals surface area contributed by atoms with E-state index >= 15 is 0 Å². The molecule has 5 heteroatoms. The number of hydrogen-bond donors (Lipinski definition) is 1. The van der Waals surface area contributed by atoms with Gasteiger partial charge in [-0.3, -0.25) is 4.79 Å². The first-order valence-corrected chi connectivity index (χ1v) is 7.23. The Kier molecular flexibility index (Phi) is 5.49. The minimum absolute atomic E-state index is 0.0292. The van der Waals surface area contributed by atoms with Gasteiger partial charge in [0.1, 0.15) is 0 Å². The van der Waals surface area contributed by atoms with Crippen LogP contribution < -0.4 is 5.32 Å². The van der Waals surface area contributed by atoms with Crippen LogP contribution in [0, 0.1) is 0 Å². The third-order valence-electron chi connectivity index (χ3n) is 3.19. The van der Waals surface area contributed by atoms with E-state index in [0.29, 0.717) is 29.4 Å². The fourth-order valence-corrected chi connectivity index (χ4v) is 2.60. The molecule has 0 spiro atoms. The van der Waals surface area contributed by atoms with Crippen molar-refractivity contribution in [3.05, 3.63) is 33.8 Å². The second-order valence-electron chi connectivity index (χ2n) is 4.67. The monoisotopic (exact) mass is 301 g/mol. The van der Waals surface area contributed by atoms with Gasteiger partial charge in [0, 0.05) is 29.6 Å². The van der Waals surface area contributed by atoms with Crippen molar-refractivity contribution >= 4 is 29.1 Å². The molecular formula is C14H17Cl2NO2. The highest BCUT2D eigenvalue weighted by Crippen LogP contribution is 2.22. The minimum Gasteiger partial charge on any atom is -0.376 e. The van der Waals surface area contributed by atoms with E-state index in [1.807, 2.05) is 6.07 Å². The molecular weight excluding hydrogens is 285 g/mol. The predicted molar refractivity (Wildman–Crippen MR) is 76.8 cm³/mol. The van der Waals surface area contributed by atoms with Crippen LogP contribution >= 0.6 is 23.2 Å². The van der Waals surface area contributed by atoms with E-state index < -0.39 is 0 Å². The second-order valence-corrected chi connectivity index (χ2v) is 5.52. The Hall–Kier alpha value is -0.770. The smallest absolute Gasteiger partial charge is 0.220 e. The van der Waals surface area contributed by atoms with Crippen molar-refractivity contribution in [2.45, 2.75) is 31.8 Å². The van der Waals surface area contributed by atoms with Crippen LogP contribution in [0.1, 0.15) is 24.8 Å². The second kappa shape index (κ2) is 7.13. The van der Waals surface area contributed by atoms with Crippen molar-refractivity contribution < 1.29 is 9.53 Å². The topological polar surface area (TPSA) is 38.3 Å². The Morgan fingerprint density at radius 2 is 2.26 bits per heavy atom. The highest BCUT2D eigenvalue weighted by atomic mass is 35.5. The molecule has 1 heterocycles. The normalized spacial score (nSPS) is 18.5. The summed E-state index contributed by atoms with van der Waals surface area (Å²) in [6, 6.07) is 5.34. The highest BCUT2D eigenvalue weighted by Gasteiger charge is 2.16. The maximum atomic E-state index is 11.7. The molecule has 1 aromatic rings. The van der Waals surface area contributed by atoms with Gasteiger partial charge < -0.3 is 10.1 Å². The summed E-state index contributed by atoms with van der Waals surface area (Å²) in [6.45, 7) is 1.41. The molecule has 0 saturated carbocycles. The molecule has 0 radical (unpaired) electrons. The molecule has 1 fully saturated rings. The van der Waals surface area contributed by atoms with Crippen LogP contribution in [-0.2, 0) is 16.0 Å². The SMILES string of the molecule is O=C(CCc1ccc(Cl)cc1Cl)NC[C@H]1CCCO1. The fraction of sp³-hybridized carbons (Fsp3) is 0.500. The van der Waals surface area contributed by atoms with Crippen molar-refractivity contribution in [1.29, 1.82) is 0 Å². The molecule has 0 aliphatic carbocycles. The largest absolute Gasteiger partial charge is 0.376 e. The summed E-state index contributed by atoms with van der Waals surface area (Å²) in [5.41, 5.74) is 0.943. The molecule has 1 aliphatic rings. The van der Waals surface area contributed by atoms with Crippen molar-refractivity contribution in [2.24, 2.45) is 0 Å². The zero-order chi connectivity index (χ0) is 13.7. The number of aryl methyl sites for hydroxylation is 1. The fourth-order valence-electron chi connectivity index (χ4n) is 2.09. The average molecular weight is 302 g/mol. The van der Waals surface area contributed by atoms with E-state index in [1.165, 1.54) is 0 Å². The molecule has 19 heavy (non-hydrogen) atoms. The number of carbonyl (C=O) groups is 1. The van der Waals surface area contributed by atoms with Gasteiger partial charge in [-0.25, -0.2) is 0 Å². The van der Waals surface area contributed by atoms with Crippen molar-refractivity contribution in [3.8, 4) is 0 Å². The molecule has 0 unspecified atom stereocenters. The Morgan fingerprint density at radius 1 is 1.42 bits per heavy atom. The number of benzene rings is 1. The molecule has 1 amide bonds. The maximum Gasteiger partial charge on any atom is 0.220 e. The Bertz CT molecular complexity index is 445. The summed E-state index contributed by atoms with van der Waals surface area (Å²) in [5.74, 6) is 0.0292. The predicted octanol–water partition coefficient (Wildman–Crippen LogP) is 3.22. The lowest BCUT2D eigenvalue weighted by Gasteiger charge is -2.11. The van der Waals surface area contributed by atoms with Gasteiger partial charge in [0.15, 0.2) is 0 Å². The van der Waals surface area contributed by atoms with Gasteiger partial charge in [-0.2, -0.15) is 0 Å². The summed E-state index contributed by atoms with van der Waals surface area (Å²) in [4.78, 5) is 11.7. The van der Waals surface area contributed by atoms with E-state index in [4.69, 9.17) is 27.9 Å². The van der Waals surface area contributed by atoms with E-state index in [0.717, 1.165) is 25.0 Å². The zero-order valence-corrected chi connectivity index (χ0v) is 12.1. The number of ether oxygens (including phenoxy) is 1. The van der Waals surface area contributed by atoms with Crippen LogP contribution in [-0.4, -0.2) is 25.2 Å². The van der Waals surface area contributed by atoms with Gasteiger partial charge in [0.05, 0.1) is 6.10 Å². The summed E-state index contributed by atoms with van der Waals surface area (Å²) < 4.78 is 5.45. The first-order chi connectivity index (χ1) is 9.15. The van der Waals surface area contributed by atoms with Crippen LogP contribution in [0.25, 0.3) is 0 Å². The van der Waals surface area contributed by atoms with Crippen LogP contribution in [0.15, 0.2) is 18.2 Å². The number of halogens is 2. The standard InChI is InChI=1S/C14H17Cl2NO2/c15-11-5-3-10(13(16)8-11)4-6-14(18)17-9-12-2-1-7-19-12/h3,5,8,12H,1-2,4,6-7,9H2,(H,17,18)/t12-/m1/s1. The maximum absolute atomic E-state index is 11.7.